The summed E-state index contributed by atoms with van der Waals surface area (Å²) in [6, 6.07) is 5.37. The maximum Gasteiger partial charge on any atom is 0.307 e. The average Bonchev–Trinajstić information content (AvgIpc) is 3.13. The lowest BCUT2D eigenvalue weighted by molar-refractivity contribution is -0.148. The minimum Gasteiger partial charge on any atom is -0.481 e. The predicted octanol–water partition coefficient (Wildman–Crippen LogP) is 1.11. The highest BCUT2D eigenvalue weighted by Crippen LogP contribution is 2.48. The molecule has 2 aliphatic rings. The van der Waals surface area contributed by atoms with Crippen molar-refractivity contribution in [2.75, 3.05) is 0 Å². The van der Waals surface area contributed by atoms with Gasteiger partial charge in [0.05, 0.1) is 17.4 Å². The van der Waals surface area contributed by atoms with Crippen molar-refractivity contribution in [1.82, 2.24) is 10.9 Å². The van der Waals surface area contributed by atoms with E-state index in [0.29, 0.717) is 6.42 Å². The van der Waals surface area contributed by atoms with E-state index in [1.807, 2.05) is 12.2 Å². The molecule has 1 saturated carbocycles. The Bertz CT molecular complexity index is 703. The molecule has 120 valence electrons. The SMILES string of the molecule is O=C(NNC(=O)[C@@H]1[C@H](C(=O)O)[C@H]2C=C[C@H]1C2)c1ccccc1F. The number of halogens is 1. The van der Waals surface area contributed by atoms with E-state index in [0.717, 1.165) is 6.07 Å². The number of carboxylic acids is 1. The first-order valence-electron chi connectivity index (χ1n) is 7.25. The molecule has 4 atom stereocenters. The molecule has 3 rings (SSSR count). The van der Waals surface area contributed by atoms with E-state index in [1.54, 1.807) is 0 Å². The van der Waals surface area contributed by atoms with Crippen LogP contribution in [-0.4, -0.2) is 22.9 Å². The normalized spacial score (nSPS) is 27.7. The van der Waals surface area contributed by atoms with Gasteiger partial charge in [-0.3, -0.25) is 25.2 Å². The summed E-state index contributed by atoms with van der Waals surface area (Å²) in [4.78, 5) is 35.5. The van der Waals surface area contributed by atoms with Crippen LogP contribution in [0.15, 0.2) is 36.4 Å². The Morgan fingerprint density at radius 1 is 1.04 bits per heavy atom. The van der Waals surface area contributed by atoms with E-state index in [4.69, 9.17) is 0 Å². The smallest absolute Gasteiger partial charge is 0.307 e. The number of aliphatic carboxylic acids is 1. The molecule has 0 saturated heterocycles. The van der Waals surface area contributed by atoms with Crippen LogP contribution >= 0.6 is 0 Å². The quantitative estimate of drug-likeness (QED) is 0.575. The van der Waals surface area contributed by atoms with Crippen molar-refractivity contribution >= 4 is 17.8 Å². The van der Waals surface area contributed by atoms with Crippen LogP contribution in [0.4, 0.5) is 4.39 Å². The van der Waals surface area contributed by atoms with Gasteiger partial charge in [-0.15, -0.1) is 0 Å². The van der Waals surface area contributed by atoms with Gasteiger partial charge in [-0.25, -0.2) is 4.39 Å². The first-order valence-corrected chi connectivity index (χ1v) is 7.25. The van der Waals surface area contributed by atoms with Crippen LogP contribution in [0.2, 0.25) is 0 Å². The number of rotatable bonds is 3. The summed E-state index contributed by atoms with van der Waals surface area (Å²) in [5.74, 6) is -4.92. The second-order valence-electron chi connectivity index (χ2n) is 5.76. The van der Waals surface area contributed by atoms with E-state index in [9.17, 15) is 23.9 Å². The highest BCUT2D eigenvalue weighted by molar-refractivity contribution is 5.96. The fourth-order valence-corrected chi connectivity index (χ4v) is 3.43. The van der Waals surface area contributed by atoms with Crippen LogP contribution < -0.4 is 10.9 Å². The second-order valence-corrected chi connectivity index (χ2v) is 5.76. The van der Waals surface area contributed by atoms with Crippen molar-refractivity contribution in [2.24, 2.45) is 23.7 Å². The van der Waals surface area contributed by atoms with E-state index in [-0.39, 0.29) is 17.4 Å². The fraction of sp³-hybridized carbons (Fsp3) is 0.312. The fourth-order valence-electron chi connectivity index (χ4n) is 3.43. The molecule has 0 aliphatic heterocycles. The number of amides is 2. The zero-order valence-corrected chi connectivity index (χ0v) is 12.0. The van der Waals surface area contributed by atoms with Gasteiger partial charge >= 0.3 is 5.97 Å². The lowest BCUT2D eigenvalue weighted by Gasteiger charge is -2.23. The molecular weight excluding hydrogens is 303 g/mol. The lowest BCUT2D eigenvalue weighted by atomic mass is 9.82. The Hall–Kier alpha value is -2.70. The summed E-state index contributed by atoms with van der Waals surface area (Å²) < 4.78 is 13.5. The van der Waals surface area contributed by atoms with Gasteiger partial charge in [-0.1, -0.05) is 24.3 Å². The van der Waals surface area contributed by atoms with E-state index in [1.165, 1.54) is 18.2 Å². The summed E-state index contributed by atoms with van der Waals surface area (Å²) in [6.45, 7) is 0. The number of benzene rings is 1. The van der Waals surface area contributed by atoms with Crippen LogP contribution in [0.1, 0.15) is 16.8 Å². The number of hydrogen-bond acceptors (Lipinski definition) is 3. The molecule has 1 aromatic carbocycles. The third-order valence-electron chi connectivity index (χ3n) is 4.46. The zero-order chi connectivity index (χ0) is 16.6. The molecule has 7 heteroatoms. The van der Waals surface area contributed by atoms with Gasteiger partial charge in [-0.2, -0.15) is 0 Å². The molecule has 2 bridgehead atoms. The standard InChI is InChI=1S/C16H15FN2O4/c17-11-4-2-1-3-10(11)14(20)18-19-15(21)12-8-5-6-9(7-8)13(12)16(22)23/h1-6,8-9,12-13H,7H2,(H,18,20)(H,19,21)(H,22,23)/t8-,9-,12-,13+/m0/s1. The van der Waals surface area contributed by atoms with Gasteiger partial charge < -0.3 is 5.11 Å². The molecule has 2 amide bonds. The molecule has 1 aromatic rings. The van der Waals surface area contributed by atoms with Gasteiger partial charge in [0.15, 0.2) is 0 Å². The van der Waals surface area contributed by atoms with Crippen molar-refractivity contribution < 1.29 is 23.9 Å². The summed E-state index contributed by atoms with van der Waals surface area (Å²) in [7, 11) is 0. The molecule has 0 radical (unpaired) electrons. The van der Waals surface area contributed by atoms with Crippen molar-refractivity contribution in [3.05, 3.63) is 47.8 Å². The molecule has 0 aromatic heterocycles. The first-order chi connectivity index (χ1) is 11.0. The van der Waals surface area contributed by atoms with Crippen LogP contribution in [0, 0.1) is 29.5 Å². The van der Waals surface area contributed by atoms with Crippen molar-refractivity contribution in [2.45, 2.75) is 6.42 Å². The molecule has 2 aliphatic carbocycles. The van der Waals surface area contributed by atoms with Crippen LogP contribution in [-0.2, 0) is 9.59 Å². The van der Waals surface area contributed by atoms with E-state index >= 15 is 0 Å². The van der Waals surface area contributed by atoms with Crippen LogP contribution in [0.3, 0.4) is 0 Å². The molecule has 0 unspecified atom stereocenters. The zero-order valence-electron chi connectivity index (χ0n) is 12.0. The highest BCUT2D eigenvalue weighted by Gasteiger charge is 2.51. The minimum absolute atomic E-state index is 0.147. The van der Waals surface area contributed by atoms with Crippen molar-refractivity contribution in [3.63, 3.8) is 0 Å². The van der Waals surface area contributed by atoms with Crippen LogP contribution in [0.25, 0.3) is 0 Å². The summed E-state index contributed by atoms with van der Waals surface area (Å²) in [5.41, 5.74) is 4.16. The predicted molar refractivity (Wildman–Crippen MR) is 77.4 cm³/mol. The third-order valence-corrected chi connectivity index (χ3v) is 4.46. The Morgan fingerprint density at radius 2 is 1.70 bits per heavy atom. The average molecular weight is 318 g/mol. The van der Waals surface area contributed by atoms with Gasteiger partial charge in [0.1, 0.15) is 5.82 Å². The maximum atomic E-state index is 13.5. The topological polar surface area (TPSA) is 95.5 Å². The van der Waals surface area contributed by atoms with Gasteiger partial charge in [0.25, 0.3) is 5.91 Å². The largest absolute Gasteiger partial charge is 0.481 e. The number of hydrazine groups is 1. The second kappa shape index (κ2) is 5.83. The van der Waals surface area contributed by atoms with Crippen molar-refractivity contribution in [3.8, 4) is 0 Å². The number of carboxylic acid groups (broad SMARTS) is 1. The Kier molecular flexibility index (Phi) is 3.85. The molecule has 1 fully saturated rings. The Morgan fingerprint density at radius 3 is 2.35 bits per heavy atom. The lowest BCUT2D eigenvalue weighted by Crippen LogP contribution is -2.48. The summed E-state index contributed by atoms with van der Waals surface area (Å²) in [6.07, 6.45) is 4.29. The van der Waals surface area contributed by atoms with E-state index < -0.39 is 35.4 Å². The van der Waals surface area contributed by atoms with E-state index in [2.05, 4.69) is 10.9 Å². The minimum atomic E-state index is -1.03. The summed E-state index contributed by atoms with van der Waals surface area (Å²) >= 11 is 0. The van der Waals surface area contributed by atoms with Gasteiger partial charge in [0, 0.05) is 0 Å². The molecule has 0 spiro atoms. The third kappa shape index (κ3) is 2.69. The number of fused-ring (bicyclic) bond motifs is 2. The van der Waals surface area contributed by atoms with Gasteiger partial charge in [0.2, 0.25) is 5.91 Å². The maximum absolute atomic E-state index is 13.5. The molecule has 0 heterocycles. The van der Waals surface area contributed by atoms with Crippen molar-refractivity contribution in [1.29, 1.82) is 0 Å². The number of hydrogen-bond donors (Lipinski definition) is 3. The molecule has 3 N–H and O–H groups in total. The van der Waals surface area contributed by atoms with Crippen LogP contribution in [0.5, 0.6) is 0 Å². The highest BCUT2D eigenvalue weighted by atomic mass is 19.1. The molecule has 6 nitrogen and oxygen atoms in total. The molecule has 23 heavy (non-hydrogen) atoms. The molecular formula is C16H15FN2O4. The first kappa shape index (κ1) is 15.2. The number of carbonyl (C=O) groups is 3. The Labute approximate surface area is 131 Å². The summed E-state index contributed by atoms with van der Waals surface area (Å²) in [5, 5.41) is 9.30. The number of nitrogens with one attached hydrogen (secondary N) is 2. The Balaban J connectivity index is 1.66. The van der Waals surface area contributed by atoms with Gasteiger partial charge in [-0.05, 0) is 30.4 Å². The monoisotopic (exact) mass is 318 g/mol. The number of allylic oxidation sites excluding steroid dienone is 2. The number of carbonyl (C=O) groups excluding carboxylic acids is 2.